The highest BCUT2D eigenvalue weighted by molar-refractivity contribution is 6.31. The molecule has 1 heterocycles. The van der Waals surface area contributed by atoms with Gasteiger partial charge in [-0.3, -0.25) is 4.79 Å². The Balaban J connectivity index is 2.20. The number of hydrogen-bond acceptors (Lipinski definition) is 4. The van der Waals surface area contributed by atoms with E-state index in [9.17, 15) is 14.9 Å². The van der Waals surface area contributed by atoms with Crippen LogP contribution in [0.15, 0.2) is 30.5 Å². The molecule has 2 rings (SSSR count). The van der Waals surface area contributed by atoms with E-state index in [2.05, 4.69) is 5.10 Å². The summed E-state index contributed by atoms with van der Waals surface area (Å²) in [4.78, 5) is 22.1. The molecule has 0 saturated carbocycles. The van der Waals surface area contributed by atoms with E-state index >= 15 is 0 Å². The van der Waals surface area contributed by atoms with Gasteiger partial charge in [0, 0.05) is 10.6 Å². The normalized spacial score (nSPS) is 10.4. The number of halogens is 1. The number of nitro groups is 1. The molecule has 6 nitrogen and oxygen atoms in total. The van der Waals surface area contributed by atoms with Crippen LogP contribution in [0.25, 0.3) is 0 Å². The van der Waals surface area contributed by atoms with E-state index in [1.165, 1.54) is 10.9 Å². The van der Waals surface area contributed by atoms with E-state index in [-0.39, 0.29) is 18.1 Å². The first-order chi connectivity index (χ1) is 8.97. The highest BCUT2D eigenvalue weighted by Crippen LogP contribution is 2.15. The molecule has 1 aromatic carbocycles. The molecule has 0 radical (unpaired) electrons. The quantitative estimate of drug-likeness (QED) is 0.490. The molecule has 0 amide bonds. The largest absolute Gasteiger partial charge is 0.392 e. The molecule has 0 saturated heterocycles. The monoisotopic (exact) mass is 279 g/mol. The second kappa shape index (κ2) is 5.19. The van der Waals surface area contributed by atoms with Crippen LogP contribution in [0.5, 0.6) is 0 Å². The number of carbonyl (C=O) groups is 1. The van der Waals surface area contributed by atoms with Crippen molar-refractivity contribution in [3.8, 4) is 0 Å². The second-order valence-electron chi connectivity index (χ2n) is 4.02. The lowest BCUT2D eigenvalue weighted by Crippen LogP contribution is -2.11. The Labute approximate surface area is 113 Å². The van der Waals surface area contributed by atoms with Gasteiger partial charge in [-0.05, 0) is 24.0 Å². The maximum absolute atomic E-state index is 12.0. The van der Waals surface area contributed by atoms with Gasteiger partial charge in [0.1, 0.15) is 6.54 Å². The van der Waals surface area contributed by atoms with Crippen LogP contribution < -0.4 is 0 Å². The summed E-state index contributed by atoms with van der Waals surface area (Å²) in [5.74, 6) is -0.446. The van der Waals surface area contributed by atoms with Crippen molar-refractivity contribution in [1.29, 1.82) is 0 Å². The maximum Gasteiger partial charge on any atom is 0.392 e. The summed E-state index contributed by atoms with van der Waals surface area (Å²) in [7, 11) is 0. The van der Waals surface area contributed by atoms with Gasteiger partial charge in [0.25, 0.3) is 0 Å². The first kappa shape index (κ1) is 13.2. The fourth-order valence-electron chi connectivity index (χ4n) is 1.67. The zero-order valence-electron chi connectivity index (χ0n) is 10.0. The fraction of sp³-hybridized carbons (Fsp3) is 0.167. The van der Waals surface area contributed by atoms with E-state index in [0.717, 1.165) is 0 Å². The minimum absolute atomic E-state index is 0.0605. The number of aromatic nitrogens is 2. The lowest BCUT2D eigenvalue weighted by atomic mass is 10.1. The van der Waals surface area contributed by atoms with E-state index < -0.39 is 4.92 Å². The van der Waals surface area contributed by atoms with Crippen LogP contribution in [-0.4, -0.2) is 20.5 Å². The molecular formula is C12H10ClN3O3. The van der Waals surface area contributed by atoms with Crippen molar-refractivity contribution >= 4 is 23.2 Å². The standard InChI is InChI=1S/C12H10ClN3O3/c1-8-6-15(14-12(8)16(18)19)7-11(17)9-3-2-4-10(13)5-9/h2-6H,7H2,1H3. The van der Waals surface area contributed by atoms with E-state index in [0.29, 0.717) is 16.1 Å². The van der Waals surface area contributed by atoms with Crippen molar-refractivity contribution in [2.24, 2.45) is 0 Å². The number of Topliss-reactive ketones (excluding diaryl/α,β-unsaturated/α-hetero) is 1. The summed E-state index contributed by atoms with van der Waals surface area (Å²) >= 11 is 5.80. The van der Waals surface area contributed by atoms with Crippen LogP contribution >= 0.6 is 11.6 Å². The molecule has 2 aromatic rings. The average Bonchev–Trinajstić information content (AvgIpc) is 2.70. The number of ketones is 1. The molecule has 0 spiro atoms. The molecular weight excluding hydrogens is 270 g/mol. The summed E-state index contributed by atoms with van der Waals surface area (Å²) in [6, 6.07) is 6.53. The summed E-state index contributed by atoms with van der Waals surface area (Å²) in [5, 5.41) is 14.9. The van der Waals surface area contributed by atoms with Crippen LogP contribution in [0.3, 0.4) is 0 Å². The Bertz CT molecular complexity index is 651. The van der Waals surface area contributed by atoms with Crippen molar-refractivity contribution in [2.45, 2.75) is 13.5 Å². The van der Waals surface area contributed by atoms with Crippen molar-refractivity contribution in [3.05, 3.63) is 56.7 Å². The predicted octanol–water partition coefficient (Wildman–Crippen LogP) is 2.64. The molecule has 0 aliphatic rings. The van der Waals surface area contributed by atoms with Gasteiger partial charge in [0.05, 0.1) is 16.9 Å². The van der Waals surface area contributed by atoms with Crippen LogP contribution in [-0.2, 0) is 6.54 Å². The minimum atomic E-state index is -0.574. The Kier molecular flexibility index (Phi) is 3.62. The number of aryl methyl sites for hydroxylation is 1. The highest BCUT2D eigenvalue weighted by Gasteiger charge is 2.19. The van der Waals surface area contributed by atoms with Gasteiger partial charge >= 0.3 is 5.82 Å². The van der Waals surface area contributed by atoms with Gasteiger partial charge in [0.2, 0.25) is 0 Å². The van der Waals surface area contributed by atoms with Crippen molar-refractivity contribution in [3.63, 3.8) is 0 Å². The van der Waals surface area contributed by atoms with Gasteiger partial charge in [0.15, 0.2) is 5.78 Å². The maximum atomic E-state index is 12.0. The van der Waals surface area contributed by atoms with E-state index in [1.54, 1.807) is 31.2 Å². The van der Waals surface area contributed by atoms with Gasteiger partial charge < -0.3 is 10.1 Å². The third-order valence-electron chi connectivity index (χ3n) is 2.54. The van der Waals surface area contributed by atoms with Gasteiger partial charge in [-0.2, -0.15) is 4.68 Å². The molecule has 0 bridgehead atoms. The fourth-order valence-corrected chi connectivity index (χ4v) is 1.86. The molecule has 0 fully saturated rings. The topological polar surface area (TPSA) is 78.0 Å². The molecule has 0 N–H and O–H groups in total. The van der Waals surface area contributed by atoms with Crippen molar-refractivity contribution in [2.75, 3.05) is 0 Å². The Hall–Kier alpha value is -2.21. The predicted molar refractivity (Wildman–Crippen MR) is 69.4 cm³/mol. The molecule has 0 atom stereocenters. The molecule has 19 heavy (non-hydrogen) atoms. The number of rotatable bonds is 4. The molecule has 1 aromatic heterocycles. The molecule has 0 unspecified atom stereocenters. The Morgan fingerprint density at radius 3 is 2.84 bits per heavy atom. The summed E-state index contributed by atoms with van der Waals surface area (Å²) < 4.78 is 1.26. The van der Waals surface area contributed by atoms with Crippen molar-refractivity contribution in [1.82, 2.24) is 9.78 Å². The van der Waals surface area contributed by atoms with Crippen LogP contribution in [0.4, 0.5) is 5.82 Å². The molecule has 98 valence electrons. The first-order valence-electron chi connectivity index (χ1n) is 5.44. The van der Waals surface area contributed by atoms with Gasteiger partial charge in [-0.1, -0.05) is 23.7 Å². The van der Waals surface area contributed by atoms with E-state index in [4.69, 9.17) is 11.6 Å². The summed E-state index contributed by atoms with van der Waals surface area (Å²) in [6.07, 6.45) is 1.47. The van der Waals surface area contributed by atoms with Gasteiger partial charge in [-0.15, -0.1) is 0 Å². The summed E-state index contributed by atoms with van der Waals surface area (Å²) in [5.41, 5.74) is 0.868. The Morgan fingerprint density at radius 1 is 1.53 bits per heavy atom. The molecule has 0 aliphatic heterocycles. The van der Waals surface area contributed by atoms with Crippen LogP contribution in [0.2, 0.25) is 5.02 Å². The number of benzene rings is 1. The van der Waals surface area contributed by atoms with Crippen LogP contribution in [0, 0.1) is 17.0 Å². The lowest BCUT2D eigenvalue weighted by Gasteiger charge is -1.99. The molecule has 0 aliphatic carbocycles. The zero-order valence-corrected chi connectivity index (χ0v) is 10.8. The number of carbonyl (C=O) groups excluding carboxylic acids is 1. The highest BCUT2D eigenvalue weighted by atomic mass is 35.5. The van der Waals surface area contributed by atoms with E-state index in [1.807, 2.05) is 0 Å². The first-order valence-corrected chi connectivity index (χ1v) is 5.82. The smallest absolute Gasteiger partial charge is 0.358 e. The van der Waals surface area contributed by atoms with Crippen molar-refractivity contribution < 1.29 is 9.72 Å². The second-order valence-corrected chi connectivity index (χ2v) is 4.46. The average molecular weight is 280 g/mol. The van der Waals surface area contributed by atoms with Crippen LogP contribution in [0.1, 0.15) is 15.9 Å². The molecule has 7 heteroatoms. The SMILES string of the molecule is Cc1cn(CC(=O)c2cccc(Cl)c2)nc1[N+](=O)[O-]. The van der Waals surface area contributed by atoms with Gasteiger partial charge in [-0.25, -0.2) is 0 Å². The lowest BCUT2D eigenvalue weighted by molar-refractivity contribution is -0.390. The summed E-state index contributed by atoms with van der Waals surface area (Å²) in [6.45, 7) is 1.51. The number of nitrogens with zero attached hydrogens (tertiary/aromatic N) is 3. The minimum Gasteiger partial charge on any atom is -0.358 e. The third-order valence-corrected chi connectivity index (χ3v) is 2.78. The zero-order chi connectivity index (χ0) is 14.0. The third kappa shape index (κ3) is 2.97. The Morgan fingerprint density at radius 2 is 2.26 bits per heavy atom. The number of hydrogen-bond donors (Lipinski definition) is 0.